The number of amides is 1. The van der Waals surface area contributed by atoms with Gasteiger partial charge in [0.25, 0.3) is 5.91 Å². The van der Waals surface area contributed by atoms with Crippen molar-refractivity contribution in [3.8, 4) is 11.4 Å². The lowest BCUT2D eigenvalue weighted by molar-refractivity contribution is 0.0900. The molecule has 0 saturated carbocycles. The molecule has 1 heterocycles. The first-order valence-electron chi connectivity index (χ1n) is 6.86. The molecular formula is C14H19N5O2. The zero-order chi connectivity index (χ0) is 15.2. The summed E-state index contributed by atoms with van der Waals surface area (Å²) in [6, 6.07) is 6.95. The van der Waals surface area contributed by atoms with E-state index in [1.807, 2.05) is 13.8 Å². The Morgan fingerprint density at radius 3 is 2.90 bits per heavy atom. The number of aromatic nitrogens is 4. The van der Waals surface area contributed by atoms with Gasteiger partial charge in [-0.2, -0.15) is 5.21 Å². The number of hydrogen-bond acceptors (Lipinski definition) is 5. The van der Waals surface area contributed by atoms with Gasteiger partial charge in [0, 0.05) is 17.7 Å². The number of nitrogens with one attached hydrogen (secondary N) is 2. The molecule has 7 heteroatoms. The van der Waals surface area contributed by atoms with E-state index in [1.165, 1.54) is 0 Å². The second-order valence-corrected chi connectivity index (χ2v) is 5.31. The van der Waals surface area contributed by atoms with E-state index in [0.29, 0.717) is 29.3 Å². The van der Waals surface area contributed by atoms with E-state index in [-0.39, 0.29) is 12.5 Å². The van der Waals surface area contributed by atoms with Gasteiger partial charge in [-0.15, -0.1) is 10.2 Å². The van der Waals surface area contributed by atoms with Crippen LogP contribution in [0, 0.1) is 5.92 Å². The van der Waals surface area contributed by atoms with Crippen LogP contribution in [-0.2, 0) is 0 Å². The predicted molar refractivity (Wildman–Crippen MR) is 77.4 cm³/mol. The molecule has 1 unspecified atom stereocenters. The van der Waals surface area contributed by atoms with E-state index in [9.17, 15) is 9.90 Å². The largest absolute Gasteiger partial charge is 0.391 e. The van der Waals surface area contributed by atoms with Crippen molar-refractivity contribution in [1.29, 1.82) is 0 Å². The second kappa shape index (κ2) is 6.94. The summed E-state index contributed by atoms with van der Waals surface area (Å²) >= 11 is 0. The molecule has 3 N–H and O–H groups in total. The first kappa shape index (κ1) is 15.1. The van der Waals surface area contributed by atoms with Gasteiger partial charge in [0.2, 0.25) is 5.82 Å². The zero-order valence-electron chi connectivity index (χ0n) is 12.1. The Morgan fingerprint density at radius 2 is 2.24 bits per heavy atom. The molecule has 0 aliphatic rings. The minimum Gasteiger partial charge on any atom is -0.391 e. The van der Waals surface area contributed by atoms with Gasteiger partial charge in [0.05, 0.1) is 6.10 Å². The van der Waals surface area contributed by atoms with E-state index in [1.54, 1.807) is 24.3 Å². The second-order valence-electron chi connectivity index (χ2n) is 5.31. The van der Waals surface area contributed by atoms with Gasteiger partial charge in [-0.25, -0.2) is 0 Å². The molecule has 1 atom stereocenters. The summed E-state index contributed by atoms with van der Waals surface area (Å²) in [6.45, 7) is 4.29. The Hall–Kier alpha value is -2.28. The molecular weight excluding hydrogens is 270 g/mol. The van der Waals surface area contributed by atoms with Crippen LogP contribution in [0.1, 0.15) is 30.6 Å². The van der Waals surface area contributed by atoms with Crippen molar-refractivity contribution in [3.63, 3.8) is 0 Å². The van der Waals surface area contributed by atoms with Crippen molar-refractivity contribution in [3.05, 3.63) is 29.8 Å². The third kappa shape index (κ3) is 4.35. The van der Waals surface area contributed by atoms with Gasteiger partial charge in [-0.1, -0.05) is 26.0 Å². The summed E-state index contributed by atoms with van der Waals surface area (Å²) in [5, 5.41) is 26.1. The number of rotatable bonds is 6. The molecule has 0 aliphatic carbocycles. The highest BCUT2D eigenvalue weighted by atomic mass is 16.3. The third-order valence-corrected chi connectivity index (χ3v) is 2.97. The maximum Gasteiger partial charge on any atom is 0.251 e. The van der Waals surface area contributed by atoms with Crippen LogP contribution in [0.3, 0.4) is 0 Å². The van der Waals surface area contributed by atoms with Crippen LogP contribution in [0.5, 0.6) is 0 Å². The first-order valence-corrected chi connectivity index (χ1v) is 6.86. The Bertz CT molecular complexity index is 583. The standard InChI is InChI=1S/C14H19N5O2/c1-9(2)6-12(20)8-15-14(21)11-5-3-4-10(7-11)13-16-18-19-17-13/h3-5,7,9,12,20H,6,8H2,1-2H3,(H,15,21)(H,16,17,18,19). The number of carbonyl (C=O) groups is 1. The Morgan fingerprint density at radius 1 is 1.43 bits per heavy atom. The quantitative estimate of drug-likeness (QED) is 0.736. The van der Waals surface area contributed by atoms with Crippen molar-refractivity contribution in [2.24, 2.45) is 5.92 Å². The number of aromatic amines is 1. The third-order valence-electron chi connectivity index (χ3n) is 2.97. The van der Waals surface area contributed by atoms with Gasteiger partial charge in [0.1, 0.15) is 0 Å². The van der Waals surface area contributed by atoms with Gasteiger partial charge < -0.3 is 10.4 Å². The Kier molecular flexibility index (Phi) is 4.99. The fraction of sp³-hybridized carbons (Fsp3) is 0.429. The Balaban J connectivity index is 1.98. The summed E-state index contributed by atoms with van der Waals surface area (Å²) in [5.74, 6) is 0.589. The van der Waals surface area contributed by atoms with E-state index in [4.69, 9.17) is 0 Å². The number of H-pyrrole nitrogens is 1. The fourth-order valence-corrected chi connectivity index (χ4v) is 2.02. The van der Waals surface area contributed by atoms with Crippen LogP contribution in [-0.4, -0.2) is 44.3 Å². The van der Waals surface area contributed by atoms with Gasteiger partial charge in [-0.05, 0) is 29.7 Å². The molecule has 0 radical (unpaired) electrons. The molecule has 0 bridgehead atoms. The van der Waals surface area contributed by atoms with Crippen LogP contribution in [0.4, 0.5) is 0 Å². The van der Waals surface area contributed by atoms with Crippen molar-refractivity contribution >= 4 is 5.91 Å². The molecule has 1 amide bonds. The normalized spacial score (nSPS) is 12.4. The average Bonchev–Trinajstić information content (AvgIpc) is 2.98. The van der Waals surface area contributed by atoms with Crippen molar-refractivity contribution in [1.82, 2.24) is 25.9 Å². The molecule has 1 aromatic heterocycles. The molecule has 0 spiro atoms. The molecule has 112 valence electrons. The summed E-state index contributed by atoms with van der Waals surface area (Å²) in [6.07, 6.45) is 0.123. The number of hydrogen-bond donors (Lipinski definition) is 3. The molecule has 21 heavy (non-hydrogen) atoms. The monoisotopic (exact) mass is 289 g/mol. The number of aliphatic hydroxyl groups is 1. The fourth-order valence-electron chi connectivity index (χ4n) is 2.02. The molecule has 0 fully saturated rings. The van der Waals surface area contributed by atoms with Crippen molar-refractivity contribution in [2.45, 2.75) is 26.4 Å². The lowest BCUT2D eigenvalue weighted by atomic mass is 10.1. The molecule has 7 nitrogen and oxygen atoms in total. The molecule has 2 rings (SSSR count). The van der Waals surface area contributed by atoms with Gasteiger partial charge in [0.15, 0.2) is 0 Å². The van der Waals surface area contributed by atoms with Crippen LogP contribution >= 0.6 is 0 Å². The van der Waals surface area contributed by atoms with Gasteiger partial charge >= 0.3 is 0 Å². The molecule has 2 aromatic rings. The maximum absolute atomic E-state index is 12.1. The maximum atomic E-state index is 12.1. The smallest absolute Gasteiger partial charge is 0.251 e. The summed E-state index contributed by atoms with van der Waals surface area (Å²) in [5.41, 5.74) is 1.20. The predicted octanol–water partition coefficient (Wildman–Crippen LogP) is 1.00. The van der Waals surface area contributed by atoms with Crippen LogP contribution < -0.4 is 5.32 Å². The number of aliphatic hydroxyl groups excluding tert-OH is 1. The highest BCUT2D eigenvalue weighted by Crippen LogP contribution is 2.14. The van der Waals surface area contributed by atoms with Crippen LogP contribution in [0.25, 0.3) is 11.4 Å². The minimum atomic E-state index is -0.533. The Labute approximate surface area is 122 Å². The molecule has 0 saturated heterocycles. The molecule has 1 aromatic carbocycles. The van der Waals surface area contributed by atoms with E-state index < -0.39 is 6.10 Å². The highest BCUT2D eigenvalue weighted by molar-refractivity contribution is 5.95. The topological polar surface area (TPSA) is 104 Å². The lowest BCUT2D eigenvalue weighted by Gasteiger charge is -2.14. The van der Waals surface area contributed by atoms with Crippen LogP contribution in [0.2, 0.25) is 0 Å². The first-order chi connectivity index (χ1) is 10.1. The highest BCUT2D eigenvalue weighted by Gasteiger charge is 2.12. The number of carbonyl (C=O) groups excluding carboxylic acids is 1. The number of nitrogens with zero attached hydrogens (tertiary/aromatic N) is 3. The SMILES string of the molecule is CC(C)CC(O)CNC(=O)c1cccc(-c2nn[nH]n2)c1. The summed E-state index contributed by atoms with van der Waals surface area (Å²) < 4.78 is 0. The van der Waals surface area contributed by atoms with Crippen LogP contribution in [0.15, 0.2) is 24.3 Å². The van der Waals surface area contributed by atoms with E-state index >= 15 is 0 Å². The molecule has 0 aliphatic heterocycles. The van der Waals surface area contributed by atoms with E-state index in [2.05, 4.69) is 25.9 Å². The lowest BCUT2D eigenvalue weighted by Crippen LogP contribution is -2.32. The van der Waals surface area contributed by atoms with E-state index in [0.717, 1.165) is 0 Å². The van der Waals surface area contributed by atoms with Gasteiger partial charge in [-0.3, -0.25) is 4.79 Å². The zero-order valence-corrected chi connectivity index (χ0v) is 12.1. The summed E-state index contributed by atoms with van der Waals surface area (Å²) in [7, 11) is 0. The average molecular weight is 289 g/mol. The number of tetrazole rings is 1. The summed E-state index contributed by atoms with van der Waals surface area (Å²) in [4.78, 5) is 12.1. The van der Waals surface area contributed by atoms with Crippen molar-refractivity contribution in [2.75, 3.05) is 6.54 Å². The number of benzene rings is 1. The van der Waals surface area contributed by atoms with Crippen molar-refractivity contribution < 1.29 is 9.90 Å². The minimum absolute atomic E-state index is 0.233.